The molecule has 3 rings (SSSR count). The van der Waals surface area contributed by atoms with Crippen LogP contribution in [0.4, 0.5) is 17.3 Å². The average Bonchev–Trinajstić information content (AvgIpc) is 2.49. The highest BCUT2D eigenvalue weighted by molar-refractivity contribution is 9.10. The van der Waals surface area contributed by atoms with Crippen molar-refractivity contribution >= 4 is 33.3 Å². The van der Waals surface area contributed by atoms with Gasteiger partial charge in [0, 0.05) is 32.4 Å². The van der Waals surface area contributed by atoms with Gasteiger partial charge in [-0.15, -0.1) is 0 Å². The largest absolute Gasteiger partial charge is 0.397 e. The Morgan fingerprint density at radius 2 is 1.75 bits per heavy atom. The molecule has 0 spiro atoms. The third-order valence-corrected chi connectivity index (χ3v) is 3.88. The molecule has 1 fully saturated rings. The standard InChI is InChI=1S/C13H15BrN6/c14-11-8-16-9-18-13(11)20-5-3-19(4-6-20)12-2-1-10(15)7-17-12/h1-2,7-9H,3-6,15H2. The number of rotatable bonds is 2. The van der Waals surface area contributed by atoms with Crippen LogP contribution in [0.25, 0.3) is 0 Å². The molecule has 0 bridgehead atoms. The molecule has 104 valence electrons. The summed E-state index contributed by atoms with van der Waals surface area (Å²) in [6.07, 6.45) is 5.05. The maximum Gasteiger partial charge on any atom is 0.146 e. The maximum atomic E-state index is 5.66. The predicted octanol–water partition coefficient (Wildman–Crippen LogP) is 1.54. The Balaban J connectivity index is 1.68. The predicted molar refractivity (Wildman–Crippen MR) is 82.8 cm³/mol. The van der Waals surface area contributed by atoms with Crippen LogP contribution < -0.4 is 15.5 Å². The van der Waals surface area contributed by atoms with Crippen molar-refractivity contribution in [1.82, 2.24) is 15.0 Å². The molecular weight excluding hydrogens is 320 g/mol. The molecule has 0 aromatic carbocycles. The summed E-state index contributed by atoms with van der Waals surface area (Å²) in [5.41, 5.74) is 6.35. The first-order chi connectivity index (χ1) is 9.74. The maximum absolute atomic E-state index is 5.66. The van der Waals surface area contributed by atoms with Crippen molar-refractivity contribution in [2.45, 2.75) is 0 Å². The van der Waals surface area contributed by atoms with E-state index in [1.54, 1.807) is 18.7 Å². The molecule has 0 unspecified atom stereocenters. The molecule has 0 radical (unpaired) electrons. The van der Waals surface area contributed by atoms with Crippen LogP contribution in [0.2, 0.25) is 0 Å². The summed E-state index contributed by atoms with van der Waals surface area (Å²) in [6, 6.07) is 3.85. The molecule has 3 heterocycles. The van der Waals surface area contributed by atoms with E-state index in [0.29, 0.717) is 5.69 Å². The van der Waals surface area contributed by atoms with Crippen molar-refractivity contribution < 1.29 is 0 Å². The number of piperazine rings is 1. The fraction of sp³-hybridized carbons (Fsp3) is 0.308. The van der Waals surface area contributed by atoms with Crippen LogP contribution in [0.3, 0.4) is 0 Å². The molecule has 0 aliphatic carbocycles. The lowest BCUT2D eigenvalue weighted by atomic mass is 10.3. The first kappa shape index (κ1) is 13.1. The third kappa shape index (κ3) is 2.67. The zero-order valence-electron chi connectivity index (χ0n) is 10.9. The topological polar surface area (TPSA) is 71.2 Å². The minimum atomic E-state index is 0.692. The summed E-state index contributed by atoms with van der Waals surface area (Å²) in [5, 5.41) is 0. The van der Waals surface area contributed by atoms with Crippen molar-refractivity contribution in [3.8, 4) is 0 Å². The summed E-state index contributed by atoms with van der Waals surface area (Å²) >= 11 is 3.49. The minimum Gasteiger partial charge on any atom is -0.397 e. The van der Waals surface area contributed by atoms with Gasteiger partial charge in [-0.05, 0) is 28.1 Å². The lowest BCUT2D eigenvalue weighted by Gasteiger charge is -2.36. The summed E-state index contributed by atoms with van der Waals surface area (Å²) in [4.78, 5) is 17.2. The fourth-order valence-electron chi connectivity index (χ4n) is 2.27. The first-order valence-corrected chi connectivity index (χ1v) is 7.20. The molecule has 1 aliphatic rings. The lowest BCUT2D eigenvalue weighted by molar-refractivity contribution is 0.640. The van der Waals surface area contributed by atoms with Gasteiger partial charge in [-0.2, -0.15) is 0 Å². The Bertz CT molecular complexity index is 580. The quantitative estimate of drug-likeness (QED) is 0.898. The van der Waals surface area contributed by atoms with Crippen LogP contribution in [-0.2, 0) is 0 Å². The Morgan fingerprint density at radius 3 is 2.40 bits per heavy atom. The van der Waals surface area contributed by atoms with Crippen LogP contribution in [-0.4, -0.2) is 41.1 Å². The fourth-order valence-corrected chi connectivity index (χ4v) is 2.74. The van der Waals surface area contributed by atoms with Gasteiger partial charge in [-0.3, -0.25) is 0 Å². The number of halogens is 1. The van der Waals surface area contributed by atoms with E-state index < -0.39 is 0 Å². The summed E-state index contributed by atoms with van der Waals surface area (Å²) < 4.78 is 0.930. The highest BCUT2D eigenvalue weighted by Gasteiger charge is 2.20. The van der Waals surface area contributed by atoms with Gasteiger partial charge in [0.25, 0.3) is 0 Å². The Morgan fingerprint density at radius 1 is 1.00 bits per heavy atom. The number of hydrogen-bond donors (Lipinski definition) is 1. The number of aromatic nitrogens is 3. The zero-order valence-corrected chi connectivity index (χ0v) is 12.5. The molecule has 0 saturated carbocycles. The molecule has 2 aromatic rings. The summed E-state index contributed by atoms with van der Waals surface area (Å²) in [7, 11) is 0. The molecule has 7 heteroatoms. The van der Waals surface area contributed by atoms with E-state index in [1.807, 2.05) is 12.1 Å². The summed E-state index contributed by atoms with van der Waals surface area (Å²) in [5.74, 6) is 1.92. The highest BCUT2D eigenvalue weighted by Crippen LogP contribution is 2.24. The summed E-state index contributed by atoms with van der Waals surface area (Å²) in [6.45, 7) is 3.63. The Kier molecular flexibility index (Phi) is 3.68. The molecular formula is C13H15BrN6. The van der Waals surface area contributed by atoms with E-state index in [4.69, 9.17) is 5.73 Å². The van der Waals surface area contributed by atoms with E-state index in [9.17, 15) is 0 Å². The average molecular weight is 335 g/mol. The van der Waals surface area contributed by atoms with Gasteiger partial charge in [0.15, 0.2) is 0 Å². The smallest absolute Gasteiger partial charge is 0.146 e. The monoisotopic (exact) mass is 334 g/mol. The van der Waals surface area contributed by atoms with Crippen molar-refractivity contribution in [3.63, 3.8) is 0 Å². The van der Waals surface area contributed by atoms with Crippen LogP contribution in [0, 0.1) is 0 Å². The molecule has 2 aromatic heterocycles. The van der Waals surface area contributed by atoms with Crippen LogP contribution >= 0.6 is 15.9 Å². The van der Waals surface area contributed by atoms with Gasteiger partial charge in [0.2, 0.25) is 0 Å². The number of hydrogen-bond acceptors (Lipinski definition) is 6. The van der Waals surface area contributed by atoms with Crippen molar-refractivity contribution in [2.75, 3.05) is 41.7 Å². The number of anilines is 3. The zero-order chi connectivity index (χ0) is 13.9. The van der Waals surface area contributed by atoms with E-state index >= 15 is 0 Å². The van der Waals surface area contributed by atoms with E-state index in [1.165, 1.54) is 0 Å². The molecule has 1 aliphatic heterocycles. The molecule has 0 atom stereocenters. The Hall–Kier alpha value is -1.89. The van der Waals surface area contributed by atoms with Crippen molar-refractivity contribution in [1.29, 1.82) is 0 Å². The first-order valence-electron chi connectivity index (χ1n) is 6.41. The molecule has 1 saturated heterocycles. The third-order valence-electron chi connectivity index (χ3n) is 3.32. The number of pyridine rings is 1. The molecule has 6 nitrogen and oxygen atoms in total. The van der Waals surface area contributed by atoms with Gasteiger partial charge in [0.1, 0.15) is 18.0 Å². The van der Waals surface area contributed by atoms with Gasteiger partial charge in [-0.25, -0.2) is 15.0 Å². The number of nitrogen functional groups attached to an aromatic ring is 1. The number of nitrogens with zero attached hydrogens (tertiary/aromatic N) is 5. The van der Waals surface area contributed by atoms with Crippen molar-refractivity contribution in [3.05, 3.63) is 35.3 Å². The lowest BCUT2D eigenvalue weighted by Crippen LogP contribution is -2.47. The number of nitrogens with two attached hydrogens (primary N) is 1. The molecule has 2 N–H and O–H groups in total. The SMILES string of the molecule is Nc1ccc(N2CCN(c3ncncc3Br)CC2)nc1. The van der Waals surface area contributed by atoms with E-state index in [-0.39, 0.29) is 0 Å². The van der Waals surface area contributed by atoms with Gasteiger partial charge in [0.05, 0.1) is 16.4 Å². The minimum absolute atomic E-state index is 0.692. The highest BCUT2D eigenvalue weighted by atomic mass is 79.9. The molecule has 20 heavy (non-hydrogen) atoms. The second-order valence-corrected chi connectivity index (χ2v) is 5.47. The van der Waals surface area contributed by atoms with E-state index in [0.717, 1.165) is 42.3 Å². The van der Waals surface area contributed by atoms with Gasteiger partial charge >= 0.3 is 0 Å². The van der Waals surface area contributed by atoms with Crippen LogP contribution in [0.15, 0.2) is 35.3 Å². The normalized spacial score (nSPS) is 15.4. The van der Waals surface area contributed by atoms with E-state index in [2.05, 4.69) is 40.7 Å². The van der Waals surface area contributed by atoms with Crippen LogP contribution in [0.1, 0.15) is 0 Å². The van der Waals surface area contributed by atoms with Gasteiger partial charge < -0.3 is 15.5 Å². The Labute approximate surface area is 125 Å². The second kappa shape index (κ2) is 5.62. The van der Waals surface area contributed by atoms with Crippen molar-refractivity contribution in [2.24, 2.45) is 0 Å². The molecule has 0 amide bonds. The van der Waals surface area contributed by atoms with Gasteiger partial charge in [-0.1, -0.05) is 0 Å². The van der Waals surface area contributed by atoms with Crippen LogP contribution in [0.5, 0.6) is 0 Å². The second-order valence-electron chi connectivity index (χ2n) is 4.62.